The lowest BCUT2D eigenvalue weighted by Crippen LogP contribution is -2.48. The molecule has 24 heavy (non-hydrogen) atoms. The van der Waals surface area contributed by atoms with Gasteiger partial charge in [0.1, 0.15) is 0 Å². The monoisotopic (exact) mass is 345 g/mol. The van der Waals surface area contributed by atoms with E-state index in [4.69, 9.17) is 0 Å². The minimum absolute atomic E-state index is 0.00258. The van der Waals surface area contributed by atoms with Crippen LogP contribution in [0.2, 0.25) is 0 Å². The number of thiophene rings is 1. The molecule has 0 aromatic carbocycles. The third kappa shape index (κ3) is 4.03. The highest BCUT2D eigenvalue weighted by atomic mass is 32.1. The summed E-state index contributed by atoms with van der Waals surface area (Å²) < 4.78 is 0. The Labute approximate surface area is 146 Å². The van der Waals surface area contributed by atoms with Crippen molar-refractivity contribution in [2.75, 3.05) is 25.0 Å². The number of nitrogens with zero attached hydrogens (tertiary/aromatic N) is 4. The van der Waals surface area contributed by atoms with E-state index in [-0.39, 0.29) is 12.1 Å². The minimum atomic E-state index is -0.00258. The first-order valence-electron chi connectivity index (χ1n) is 8.20. The number of nitrogens with one attached hydrogen (secondary N) is 1. The Balaban J connectivity index is 1.47. The van der Waals surface area contributed by atoms with Gasteiger partial charge in [-0.25, -0.2) is 14.8 Å². The average Bonchev–Trinajstić information content (AvgIpc) is 3.01. The molecule has 2 amide bonds. The van der Waals surface area contributed by atoms with Gasteiger partial charge < -0.3 is 15.1 Å². The molecule has 1 N–H and O–H groups in total. The van der Waals surface area contributed by atoms with Crippen LogP contribution in [0, 0.1) is 6.92 Å². The highest BCUT2D eigenvalue weighted by Gasteiger charge is 2.23. The molecular formula is C17H23N5OS. The summed E-state index contributed by atoms with van der Waals surface area (Å²) in [4.78, 5) is 26.1. The molecule has 0 spiro atoms. The van der Waals surface area contributed by atoms with Crippen LogP contribution in [0.4, 0.5) is 10.7 Å². The lowest BCUT2D eigenvalue weighted by Gasteiger charge is -2.33. The zero-order valence-electron chi connectivity index (χ0n) is 14.1. The molecule has 1 aliphatic rings. The van der Waals surface area contributed by atoms with Crippen LogP contribution in [-0.4, -0.2) is 47.1 Å². The largest absolute Gasteiger partial charge is 0.341 e. The van der Waals surface area contributed by atoms with Crippen molar-refractivity contribution in [1.29, 1.82) is 0 Å². The Bertz CT molecular complexity index is 667. The zero-order valence-corrected chi connectivity index (χ0v) is 14.9. The number of hydrogen-bond donors (Lipinski definition) is 1. The van der Waals surface area contributed by atoms with Crippen molar-refractivity contribution in [2.24, 2.45) is 0 Å². The highest BCUT2D eigenvalue weighted by Crippen LogP contribution is 2.18. The highest BCUT2D eigenvalue weighted by molar-refractivity contribution is 7.10. The third-order valence-electron chi connectivity index (χ3n) is 4.35. The lowest BCUT2D eigenvalue weighted by atomic mass is 10.1. The van der Waals surface area contributed by atoms with Gasteiger partial charge in [0.15, 0.2) is 0 Å². The number of aryl methyl sites for hydroxylation is 1. The predicted octanol–water partition coefficient (Wildman–Crippen LogP) is 2.66. The first-order valence-corrected chi connectivity index (χ1v) is 9.08. The molecular weight excluding hydrogens is 322 g/mol. The SMILES string of the molecule is Cc1ccsc1CN(C)C(=O)NC1CCN(c2ncccn2)CC1. The molecule has 1 saturated heterocycles. The van der Waals surface area contributed by atoms with Crippen LogP contribution in [0.5, 0.6) is 0 Å². The second-order valence-electron chi connectivity index (χ2n) is 6.14. The fraction of sp³-hybridized carbons (Fsp3) is 0.471. The van der Waals surface area contributed by atoms with E-state index in [9.17, 15) is 4.79 Å². The van der Waals surface area contributed by atoms with Crippen LogP contribution in [-0.2, 0) is 6.54 Å². The van der Waals surface area contributed by atoms with E-state index in [0.29, 0.717) is 6.54 Å². The maximum Gasteiger partial charge on any atom is 0.317 e. The van der Waals surface area contributed by atoms with Crippen molar-refractivity contribution in [3.8, 4) is 0 Å². The maximum atomic E-state index is 12.4. The van der Waals surface area contributed by atoms with Crippen molar-refractivity contribution >= 4 is 23.3 Å². The lowest BCUT2D eigenvalue weighted by molar-refractivity contribution is 0.200. The molecule has 0 bridgehead atoms. The number of urea groups is 1. The van der Waals surface area contributed by atoms with Crippen molar-refractivity contribution in [2.45, 2.75) is 32.4 Å². The van der Waals surface area contributed by atoms with E-state index < -0.39 is 0 Å². The number of rotatable bonds is 4. The topological polar surface area (TPSA) is 61.4 Å². The molecule has 2 aromatic heterocycles. The predicted molar refractivity (Wildman–Crippen MR) is 96.3 cm³/mol. The Morgan fingerprint density at radius 2 is 2.08 bits per heavy atom. The maximum absolute atomic E-state index is 12.4. The molecule has 1 fully saturated rings. The van der Waals surface area contributed by atoms with Gasteiger partial charge in [-0.1, -0.05) is 0 Å². The standard InChI is InChI=1S/C17H23N5OS/c1-13-6-11-24-15(13)12-21(2)17(23)20-14-4-9-22(10-5-14)16-18-7-3-8-19-16/h3,6-8,11,14H,4-5,9-10,12H2,1-2H3,(H,20,23). The second-order valence-corrected chi connectivity index (χ2v) is 7.14. The second kappa shape index (κ2) is 7.61. The summed E-state index contributed by atoms with van der Waals surface area (Å²) in [5, 5.41) is 5.21. The van der Waals surface area contributed by atoms with Gasteiger partial charge in [-0.3, -0.25) is 0 Å². The molecule has 6 nitrogen and oxygen atoms in total. The van der Waals surface area contributed by atoms with Crippen LogP contribution in [0.15, 0.2) is 29.9 Å². The van der Waals surface area contributed by atoms with Crippen LogP contribution >= 0.6 is 11.3 Å². The fourth-order valence-corrected chi connectivity index (χ4v) is 3.78. The molecule has 0 radical (unpaired) electrons. The van der Waals surface area contributed by atoms with Gasteiger partial charge in [0.05, 0.1) is 6.54 Å². The zero-order chi connectivity index (χ0) is 16.9. The van der Waals surface area contributed by atoms with E-state index in [1.807, 2.05) is 13.1 Å². The van der Waals surface area contributed by atoms with Crippen molar-refractivity contribution in [3.05, 3.63) is 40.3 Å². The van der Waals surface area contributed by atoms with Crippen LogP contribution in [0.3, 0.4) is 0 Å². The fourth-order valence-electron chi connectivity index (χ4n) is 2.82. The molecule has 7 heteroatoms. The van der Waals surface area contributed by atoms with Gasteiger partial charge in [0.25, 0.3) is 0 Å². The number of anilines is 1. The summed E-state index contributed by atoms with van der Waals surface area (Å²) in [5.74, 6) is 0.771. The van der Waals surface area contributed by atoms with Crippen molar-refractivity contribution in [3.63, 3.8) is 0 Å². The number of hydrogen-bond acceptors (Lipinski definition) is 5. The molecule has 2 aromatic rings. The quantitative estimate of drug-likeness (QED) is 0.925. The van der Waals surface area contributed by atoms with E-state index in [1.165, 1.54) is 10.4 Å². The van der Waals surface area contributed by atoms with E-state index in [2.05, 4.69) is 38.6 Å². The normalized spacial score (nSPS) is 15.3. The van der Waals surface area contributed by atoms with Gasteiger partial charge >= 0.3 is 6.03 Å². The molecule has 0 unspecified atom stereocenters. The van der Waals surface area contributed by atoms with E-state index in [1.54, 1.807) is 28.6 Å². The number of piperidine rings is 1. The summed E-state index contributed by atoms with van der Waals surface area (Å²) in [6, 6.07) is 4.12. The molecule has 0 saturated carbocycles. The third-order valence-corrected chi connectivity index (χ3v) is 5.36. The molecule has 0 aliphatic carbocycles. The van der Waals surface area contributed by atoms with Gasteiger partial charge in [0, 0.05) is 43.4 Å². The Kier molecular flexibility index (Phi) is 5.30. The summed E-state index contributed by atoms with van der Waals surface area (Å²) >= 11 is 1.70. The minimum Gasteiger partial charge on any atom is -0.341 e. The smallest absolute Gasteiger partial charge is 0.317 e. The summed E-state index contributed by atoms with van der Waals surface area (Å²) in [6.07, 6.45) is 5.35. The first kappa shape index (κ1) is 16.7. The van der Waals surface area contributed by atoms with Crippen LogP contribution in [0.1, 0.15) is 23.3 Å². The Morgan fingerprint density at radius 3 is 2.71 bits per heavy atom. The van der Waals surface area contributed by atoms with Crippen molar-refractivity contribution < 1.29 is 4.79 Å². The molecule has 3 heterocycles. The van der Waals surface area contributed by atoms with Crippen molar-refractivity contribution in [1.82, 2.24) is 20.2 Å². The van der Waals surface area contributed by atoms with Crippen LogP contribution in [0.25, 0.3) is 0 Å². The molecule has 1 aliphatic heterocycles. The number of aromatic nitrogens is 2. The van der Waals surface area contributed by atoms with Gasteiger partial charge in [-0.2, -0.15) is 0 Å². The summed E-state index contributed by atoms with van der Waals surface area (Å²) in [5.41, 5.74) is 1.25. The van der Waals surface area contributed by atoms with E-state index >= 15 is 0 Å². The molecule has 128 valence electrons. The molecule has 3 rings (SSSR count). The summed E-state index contributed by atoms with van der Waals surface area (Å²) in [7, 11) is 1.85. The average molecular weight is 345 g/mol. The Morgan fingerprint density at radius 1 is 1.38 bits per heavy atom. The number of carbonyl (C=O) groups excluding carboxylic acids is 1. The van der Waals surface area contributed by atoms with Gasteiger partial charge in [-0.15, -0.1) is 11.3 Å². The van der Waals surface area contributed by atoms with Crippen LogP contribution < -0.4 is 10.2 Å². The van der Waals surface area contributed by atoms with E-state index in [0.717, 1.165) is 31.9 Å². The number of carbonyl (C=O) groups is 1. The van der Waals surface area contributed by atoms with Gasteiger partial charge in [-0.05, 0) is 42.8 Å². The Hall–Kier alpha value is -2.15. The summed E-state index contributed by atoms with van der Waals surface area (Å²) in [6.45, 7) is 4.47. The first-order chi connectivity index (χ1) is 11.6. The van der Waals surface area contributed by atoms with Gasteiger partial charge in [0.2, 0.25) is 5.95 Å². The molecule has 0 atom stereocenters. The number of amides is 2.